The lowest BCUT2D eigenvalue weighted by Gasteiger charge is -2.14. The van der Waals surface area contributed by atoms with Gasteiger partial charge < -0.3 is 0 Å². The molecular weight excluding hydrogens is 406 g/mol. The Hall–Kier alpha value is -3.47. The Labute approximate surface area is 195 Å². The Balaban J connectivity index is 1.59. The maximum atomic E-state index is 5.08. The van der Waals surface area contributed by atoms with E-state index in [0.717, 1.165) is 23.6 Å². The molecular formula is C28H33N5+2. The third kappa shape index (κ3) is 3.82. The first kappa shape index (κ1) is 21.4. The number of para-hydroxylation sites is 4. The quantitative estimate of drug-likeness (QED) is 0.359. The van der Waals surface area contributed by atoms with E-state index in [1.165, 1.54) is 16.6 Å². The molecule has 0 atom stereocenters. The summed E-state index contributed by atoms with van der Waals surface area (Å²) in [4.78, 5) is 5.08. The van der Waals surface area contributed by atoms with Crippen LogP contribution in [0.15, 0.2) is 79.4 Å². The summed E-state index contributed by atoms with van der Waals surface area (Å²) in [6.07, 6.45) is 4.40. The second-order valence-corrected chi connectivity index (χ2v) is 10.8. The Morgan fingerprint density at radius 3 is 2.09 bits per heavy atom. The monoisotopic (exact) mass is 439 g/mol. The fourth-order valence-electron chi connectivity index (χ4n) is 4.53. The topological polar surface area (TPSA) is 30.5 Å². The van der Waals surface area contributed by atoms with Gasteiger partial charge in [0.25, 0.3) is 6.33 Å². The lowest BCUT2D eigenvalue weighted by Crippen LogP contribution is -2.49. The van der Waals surface area contributed by atoms with E-state index in [2.05, 4.69) is 139 Å². The first-order valence-electron chi connectivity index (χ1n) is 11.6. The number of hydrogen-bond acceptors (Lipinski definition) is 1. The molecule has 5 nitrogen and oxygen atoms in total. The van der Waals surface area contributed by atoms with Crippen LogP contribution in [0.2, 0.25) is 0 Å². The summed E-state index contributed by atoms with van der Waals surface area (Å²) in [5.41, 5.74) is 5.85. The molecule has 3 heterocycles. The van der Waals surface area contributed by atoms with Crippen molar-refractivity contribution in [2.75, 3.05) is 0 Å². The largest absolute Gasteiger partial charge is 0.251 e. The van der Waals surface area contributed by atoms with Gasteiger partial charge in [0.05, 0.1) is 5.69 Å². The average molecular weight is 440 g/mol. The third-order valence-corrected chi connectivity index (χ3v) is 6.15. The van der Waals surface area contributed by atoms with Crippen LogP contribution >= 0.6 is 0 Å². The van der Waals surface area contributed by atoms with Gasteiger partial charge in [-0.25, -0.2) is 18.7 Å². The van der Waals surface area contributed by atoms with Gasteiger partial charge in [-0.2, -0.15) is 4.57 Å². The second kappa shape index (κ2) is 7.55. The van der Waals surface area contributed by atoms with Crippen molar-refractivity contribution < 1.29 is 9.13 Å². The molecule has 0 aliphatic heterocycles. The summed E-state index contributed by atoms with van der Waals surface area (Å²) in [7, 11) is 0. The number of nitrogens with zero attached hydrogens (tertiary/aromatic N) is 5. The van der Waals surface area contributed by atoms with E-state index in [9.17, 15) is 0 Å². The zero-order chi connectivity index (χ0) is 23.4. The van der Waals surface area contributed by atoms with Crippen LogP contribution in [0.1, 0.15) is 47.2 Å². The zero-order valence-corrected chi connectivity index (χ0v) is 20.4. The molecule has 0 radical (unpaired) electrons. The van der Waals surface area contributed by atoms with Gasteiger partial charge in [-0.3, -0.25) is 0 Å². The Kier molecular flexibility index (Phi) is 4.89. The Morgan fingerprint density at radius 1 is 0.727 bits per heavy atom. The van der Waals surface area contributed by atoms with Crippen LogP contribution in [-0.4, -0.2) is 14.1 Å². The lowest BCUT2D eigenvalue weighted by molar-refractivity contribution is -0.731. The molecule has 0 aliphatic rings. The SMILES string of the molecule is CC(C)(C)n1c[n+](Cc2cccc(-n3c[n+](C(C)(C)C)c4ccccc43)n2)c2ccccc21. The minimum Gasteiger partial charge on any atom is -0.225 e. The number of fused-ring (bicyclic) bond motifs is 2. The molecule has 0 fully saturated rings. The molecule has 0 saturated heterocycles. The molecule has 0 N–H and O–H groups in total. The predicted octanol–water partition coefficient (Wildman–Crippen LogP) is 5.11. The Bertz CT molecular complexity index is 1460. The predicted molar refractivity (Wildman–Crippen MR) is 132 cm³/mol. The molecule has 0 saturated carbocycles. The van der Waals surface area contributed by atoms with Crippen molar-refractivity contribution in [2.24, 2.45) is 0 Å². The van der Waals surface area contributed by atoms with Gasteiger partial charge in [0.15, 0.2) is 22.1 Å². The van der Waals surface area contributed by atoms with E-state index in [0.29, 0.717) is 0 Å². The van der Waals surface area contributed by atoms with Crippen molar-refractivity contribution in [3.63, 3.8) is 0 Å². The molecule has 5 rings (SSSR count). The van der Waals surface area contributed by atoms with E-state index >= 15 is 0 Å². The molecule has 33 heavy (non-hydrogen) atoms. The molecule has 0 aliphatic carbocycles. The van der Waals surface area contributed by atoms with Gasteiger partial charge in [0, 0.05) is 6.07 Å². The van der Waals surface area contributed by atoms with Gasteiger partial charge in [-0.15, -0.1) is 0 Å². The first-order chi connectivity index (χ1) is 15.6. The van der Waals surface area contributed by atoms with Gasteiger partial charge in [-0.05, 0) is 71.9 Å². The van der Waals surface area contributed by atoms with E-state index in [-0.39, 0.29) is 11.1 Å². The highest BCUT2D eigenvalue weighted by Crippen LogP contribution is 2.22. The van der Waals surface area contributed by atoms with Crippen molar-refractivity contribution in [3.8, 4) is 5.82 Å². The summed E-state index contributed by atoms with van der Waals surface area (Å²) in [5.74, 6) is 0.937. The fraction of sp³-hybridized carbons (Fsp3) is 0.321. The van der Waals surface area contributed by atoms with Gasteiger partial charge >= 0.3 is 0 Å². The van der Waals surface area contributed by atoms with Gasteiger partial charge in [0.1, 0.15) is 17.6 Å². The first-order valence-corrected chi connectivity index (χ1v) is 11.6. The number of rotatable bonds is 3. The summed E-state index contributed by atoms with van der Waals surface area (Å²) in [6, 6.07) is 23.4. The normalized spacial score (nSPS) is 12.7. The molecule has 5 aromatic rings. The number of pyridine rings is 1. The van der Waals surface area contributed by atoms with Crippen LogP contribution < -0.4 is 9.13 Å². The average Bonchev–Trinajstić information content (AvgIpc) is 3.33. The van der Waals surface area contributed by atoms with Crippen LogP contribution in [0, 0.1) is 0 Å². The fourth-order valence-corrected chi connectivity index (χ4v) is 4.53. The van der Waals surface area contributed by atoms with E-state index in [4.69, 9.17) is 4.98 Å². The summed E-state index contributed by atoms with van der Waals surface area (Å²) < 4.78 is 9.17. The standard InChI is InChI=1S/C28H33N5/c1-27(2,3)32-19-30(22-13-7-9-15-24(22)32)18-21-12-11-17-26(29-21)31-20-33(28(4,5)6)25-16-10-8-14-23(25)31/h7-17,19-20H,18H2,1-6H3/q+2. The van der Waals surface area contributed by atoms with Crippen molar-refractivity contribution >= 4 is 22.1 Å². The molecule has 0 bridgehead atoms. The zero-order valence-electron chi connectivity index (χ0n) is 20.4. The third-order valence-electron chi connectivity index (χ3n) is 6.15. The number of hydrogen-bond donors (Lipinski definition) is 0. The molecule has 3 aromatic heterocycles. The van der Waals surface area contributed by atoms with Crippen molar-refractivity contribution in [3.05, 3.63) is 85.1 Å². The molecule has 5 heteroatoms. The highest BCUT2D eigenvalue weighted by Gasteiger charge is 2.27. The molecule has 0 unspecified atom stereocenters. The number of imidazole rings is 2. The smallest absolute Gasteiger partial charge is 0.225 e. The van der Waals surface area contributed by atoms with Crippen LogP contribution in [0.3, 0.4) is 0 Å². The van der Waals surface area contributed by atoms with Gasteiger partial charge in [0.2, 0.25) is 12.1 Å². The molecule has 168 valence electrons. The number of benzene rings is 2. The maximum Gasteiger partial charge on any atom is 0.251 e. The van der Waals surface area contributed by atoms with Crippen LogP contribution in [-0.2, 0) is 17.6 Å². The Morgan fingerprint density at radius 2 is 1.39 bits per heavy atom. The number of aromatic nitrogens is 5. The molecule has 0 spiro atoms. The second-order valence-electron chi connectivity index (χ2n) is 10.8. The lowest BCUT2D eigenvalue weighted by atomic mass is 10.1. The van der Waals surface area contributed by atoms with E-state index in [1.54, 1.807) is 0 Å². The minimum absolute atomic E-state index is 0.00473. The van der Waals surface area contributed by atoms with E-state index < -0.39 is 0 Å². The highest BCUT2D eigenvalue weighted by atomic mass is 15.2. The molecule has 0 amide bonds. The maximum absolute atomic E-state index is 5.08. The summed E-state index contributed by atoms with van der Waals surface area (Å²) in [5, 5.41) is 0. The highest BCUT2D eigenvalue weighted by molar-refractivity contribution is 5.74. The van der Waals surface area contributed by atoms with Crippen LogP contribution in [0.5, 0.6) is 0 Å². The van der Waals surface area contributed by atoms with Crippen LogP contribution in [0.4, 0.5) is 0 Å². The summed E-state index contributed by atoms with van der Waals surface area (Å²) >= 11 is 0. The minimum atomic E-state index is -0.0207. The van der Waals surface area contributed by atoms with Crippen LogP contribution in [0.25, 0.3) is 27.9 Å². The van der Waals surface area contributed by atoms with Gasteiger partial charge in [-0.1, -0.05) is 30.3 Å². The summed E-state index contributed by atoms with van der Waals surface area (Å²) in [6.45, 7) is 14.1. The van der Waals surface area contributed by atoms with Crippen molar-refractivity contribution in [2.45, 2.75) is 59.2 Å². The molecule has 2 aromatic carbocycles. The van der Waals surface area contributed by atoms with Crippen molar-refractivity contribution in [1.29, 1.82) is 0 Å². The van der Waals surface area contributed by atoms with E-state index in [1.807, 2.05) is 0 Å². The van der Waals surface area contributed by atoms with Crippen molar-refractivity contribution in [1.82, 2.24) is 14.1 Å².